The quantitative estimate of drug-likeness (QED) is 0.726. The molecular weight excluding hydrogens is 221 g/mol. The van der Waals surface area contributed by atoms with Crippen molar-refractivity contribution in [3.8, 4) is 5.75 Å². The van der Waals surface area contributed by atoms with E-state index in [9.17, 15) is 14.3 Å². The van der Waals surface area contributed by atoms with E-state index in [1.807, 2.05) is 0 Å². The SMILES string of the molecule is Cc1c(F)cc(Cl)c2[nH]c(=O)cc(O)c12. The molecule has 1 heterocycles. The number of rotatable bonds is 0. The lowest BCUT2D eigenvalue weighted by Gasteiger charge is -2.06. The van der Waals surface area contributed by atoms with Gasteiger partial charge in [-0.15, -0.1) is 0 Å². The summed E-state index contributed by atoms with van der Waals surface area (Å²) in [4.78, 5) is 13.5. The van der Waals surface area contributed by atoms with Crippen molar-refractivity contribution in [1.82, 2.24) is 4.98 Å². The number of fused-ring (bicyclic) bond motifs is 1. The van der Waals surface area contributed by atoms with Crippen LogP contribution >= 0.6 is 11.6 Å². The molecule has 0 saturated heterocycles. The molecule has 5 heteroatoms. The summed E-state index contributed by atoms with van der Waals surface area (Å²) in [6, 6.07) is 2.10. The molecule has 2 N–H and O–H groups in total. The first-order valence-electron chi connectivity index (χ1n) is 4.21. The van der Waals surface area contributed by atoms with Crippen LogP contribution in [0, 0.1) is 12.7 Å². The van der Waals surface area contributed by atoms with Gasteiger partial charge in [0, 0.05) is 11.5 Å². The second kappa shape index (κ2) is 3.24. The molecule has 15 heavy (non-hydrogen) atoms. The van der Waals surface area contributed by atoms with Gasteiger partial charge in [0.2, 0.25) is 0 Å². The van der Waals surface area contributed by atoms with Gasteiger partial charge in [-0.1, -0.05) is 11.6 Å². The zero-order valence-corrected chi connectivity index (χ0v) is 8.52. The molecule has 0 radical (unpaired) electrons. The lowest BCUT2D eigenvalue weighted by molar-refractivity contribution is 0.479. The number of H-pyrrole nitrogens is 1. The third-order valence-corrected chi connectivity index (χ3v) is 2.55. The van der Waals surface area contributed by atoms with Gasteiger partial charge in [-0.05, 0) is 18.6 Å². The first kappa shape index (κ1) is 9.98. The van der Waals surface area contributed by atoms with E-state index in [1.165, 1.54) is 6.92 Å². The van der Waals surface area contributed by atoms with Crippen LogP contribution in [0.15, 0.2) is 16.9 Å². The molecule has 0 spiro atoms. The Labute approximate surface area is 89.1 Å². The first-order valence-corrected chi connectivity index (χ1v) is 4.59. The third-order valence-electron chi connectivity index (χ3n) is 2.25. The smallest absolute Gasteiger partial charge is 0.252 e. The average Bonchev–Trinajstić information content (AvgIpc) is 2.13. The normalized spacial score (nSPS) is 10.9. The number of hydrogen-bond acceptors (Lipinski definition) is 2. The molecule has 1 aromatic carbocycles. The van der Waals surface area contributed by atoms with E-state index in [-0.39, 0.29) is 27.2 Å². The van der Waals surface area contributed by atoms with E-state index in [1.54, 1.807) is 0 Å². The van der Waals surface area contributed by atoms with E-state index < -0.39 is 11.4 Å². The summed E-state index contributed by atoms with van der Waals surface area (Å²) in [5.41, 5.74) is 0.0247. The van der Waals surface area contributed by atoms with Crippen LogP contribution in [0.3, 0.4) is 0 Å². The zero-order chi connectivity index (χ0) is 11.2. The summed E-state index contributed by atoms with van der Waals surface area (Å²) in [5, 5.41) is 9.84. The average molecular weight is 228 g/mol. The lowest BCUT2D eigenvalue weighted by Crippen LogP contribution is -2.04. The molecule has 0 unspecified atom stereocenters. The number of aromatic hydroxyl groups is 1. The fourth-order valence-corrected chi connectivity index (χ4v) is 1.75. The van der Waals surface area contributed by atoms with Crippen molar-refractivity contribution >= 4 is 22.5 Å². The number of aromatic amines is 1. The van der Waals surface area contributed by atoms with Gasteiger partial charge in [0.05, 0.1) is 10.5 Å². The second-order valence-electron chi connectivity index (χ2n) is 3.23. The predicted molar refractivity (Wildman–Crippen MR) is 55.9 cm³/mol. The molecule has 0 aliphatic carbocycles. The Morgan fingerprint density at radius 3 is 2.80 bits per heavy atom. The molecule has 3 nitrogen and oxygen atoms in total. The molecule has 2 aromatic rings. The van der Waals surface area contributed by atoms with Crippen LogP contribution in [0.25, 0.3) is 10.9 Å². The van der Waals surface area contributed by atoms with Crippen LogP contribution in [-0.4, -0.2) is 10.1 Å². The number of hydrogen-bond donors (Lipinski definition) is 2. The summed E-state index contributed by atoms with van der Waals surface area (Å²) >= 11 is 5.76. The van der Waals surface area contributed by atoms with Crippen LogP contribution in [0.5, 0.6) is 5.75 Å². The van der Waals surface area contributed by atoms with Crippen molar-refractivity contribution in [2.24, 2.45) is 0 Å². The summed E-state index contributed by atoms with van der Waals surface area (Å²) in [6.45, 7) is 1.51. The Morgan fingerprint density at radius 2 is 2.13 bits per heavy atom. The minimum atomic E-state index is -0.519. The van der Waals surface area contributed by atoms with Crippen LogP contribution in [0.2, 0.25) is 5.02 Å². The highest BCUT2D eigenvalue weighted by Gasteiger charge is 2.12. The summed E-state index contributed by atoms with van der Waals surface area (Å²) in [6.07, 6.45) is 0. The van der Waals surface area contributed by atoms with Gasteiger partial charge in [-0.2, -0.15) is 0 Å². The molecule has 0 amide bonds. The lowest BCUT2D eigenvalue weighted by atomic mass is 10.1. The molecule has 2 rings (SSSR count). The largest absolute Gasteiger partial charge is 0.507 e. The van der Waals surface area contributed by atoms with Gasteiger partial charge in [-0.25, -0.2) is 4.39 Å². The maximum Gasteiger partial charge on any atom is 0.252 e. The molecule has 0 aliphatic heterocycles. The molecule has 0 fully saturated rings. The molecule has 0 saturated carbocycles. The van der Waals surface area contributed by atoms with Crippen molar-refractivity contribution in [1.29, 1.82) is 0 Å². The zero-order valence-electron chi connectivity index (χ0n) is 7.77. The number of halogens is 2. The fraction of sp³-hybridized carbons (Fsp3) is 0.100. The second-order valence-corrected chi connectivity index (χ2v) is 3.64. The van der Waals surface area contributed by atoms with Gasteiger partial charge in [0.15, 0.2) is 0 Å². The molecular formula is C10H7ClFNO2. The van der Waals surface area contributed by atoms with Gasteiger partial charge >= 0.3 is 0 Å². The highest BCUT2D eigenvalue weighted by molar-refractivity contribution is 6.35. The maximum atomic E-state index is 13.3. The Balaban J connectivity index is 3.09. The van der Waals surface area contributed by atoms with Crippen molar-refractivity contribution in [2.75, 3.05) is 0 Å². The number of aryl methyl sites for hydroxylation is 1. The topological polar surface area (TPSA) is 53.1 Å². The summed E-state index contributed by atoms with van der Waals surface area (Å²) < 4.78 is 13.3. The molecule has 0 bridgehead atoms. The highest BCUT2D eigenvalue weighted by Crippen LogP contribution is 2.31. The minimum Gasteiger partial charge on any atom is -0.507 e. The van der Waals surface area contributed by atoms with Crippen molar-refractivity contribution in [2.45, 2.75) is 6.92 Å². The van der Waals surface area contributed by atoms with Crippen molar-refractivity contribution in [3.63, 3.8) is 0 Å². The summed E-state index contributed by atoms with van der Waals surface area (Å²) in [5.74, 6) is -0.789. The van der Waals surface area contributed by atoms with E-state index in [4.69, 9.17) is 11.6 Å². The number of nitrogens with one attached hydrogen (secondary N) is 1. The fourth-order valence-electron chi connectivity index (χ4n) is 1.52. The van der Waals surface area contributed by atoms with Crippen LogP contribution in [0.1, 0.15) is 5.56 Å². The number of benzene rings is 1. The molecule has 1 aromatic heterocycles. The Bertz CT molecular complexity index is 606. The Hall–Kier alpha value is -1.55. The third kappa shape index (κ3) is 1.47. The summed E-state index contributed by atoms with van der Waals surface area (Å²) in [7, 11) is 0. The van der Waals surface area contributed by atoms with Crippen molar-refractivity contribution < 1.29 is 9.50 Å². The monoisotopic (exact) mass is 227 g/mol. The van der Waals surface area contributed by atoms with E-state index >= 15 is 0 Å². The Kier molecular flexibility index (Phi) is 2.16. The van der Waals surface area contributed by atoms with E-state index in [2.05, 4.69) is 4.98 Å². The predicted octanol–water partition coefficient (Wildman–Crippen LogP) is 2.33. The Morgan fingerprint density at radius 1 is 1.47 bits per heavy atom. The van der Waals surface area contributed by atoms with Crippen LogP contribution < -0.4 is 5.56 Å². The van der Waals surface area contributed by atoms with Gasteiger partial charge < -0.3 is 10.1 Å². The number of pyridine rings is 1. The van der Waals surface area contributed by atoms with Gasteiger partial charge in [0.1, 0.15) is 11.6 Å². The molecule has 0 atom stereocenters. The first-order chi connectivity index (χ1) is 7.00. The molecule has 78 valence electrons. The van der Waals surface area contributed by atoms with E-state index in [0.717, 1.165) is 12.1 Å². The van der Waals surface area contributed by atoms with E-state index in [0.29, 0.717) is 0 Å². The van der Waals surface area contributed by atoms with Crippen LogP contribution in [-0.2, 0) is 0 Å². The number of aromatic nitrogens is 1. The molecule has 0 aliphatic rings. The van der Waals surface area contributed by atoms with Crippen molar-refractivity contribution in [3.05, 3.63) is 38.9 Å². The van der Waals surface area contributed by atoms with Crippen LogP contribution in [0.4, 0.5) is 4.39 Å². The minimum absolute atomic E-state index is 0.0705. The van der Waals surface area contributed by atoms with Gasteiger partial charge in [-0.3, -0.25) is 4.79 Å². The standard InChI is InChI=1S/C10H7ClFNO2/c1-4-6(12)2-5(11)10-9(4)7(14)3-8(15)13-10/h2-3H,1H3,(H2,13,14,15). The highest BCUT2D eigenvalue weighted by atomic mass is 35.5. The maximum absolute atomic E-state index is 13.3. The van der Waals surface area contributed by atoms with Gasteiger partial charge in [0.25, 0.3) is 5.56 Å².